The van der Waals surface area contributed by atoms with Crippen LogP contribution in [-0.2, 0) is 0 Å². The smallest absolute Gasteiger partial charge is 0.165 e. The van der Waals surface area contributed by atoms with Crippen LogP contribution < -0.4 is 5.32 Å². The highest BCUT2D eigenvalue weighted by atomic mass is 35.5. The Morgan fingerprint density at radius 3 is 2.71 bits per heavy atom. The lowest BCUT2D eigenvalue weighted by atomic mass is 10.1. The fraction of sp³-hybridized carbons (Fsp3) is 0.462. The van der Waals surface area contributed by atoms with E-state index >= 15 is 0 Å². The first kappa shape index (κ1) is 12.6. The van der Waals surface area contributed by atoms with Gasteiger partial charge in [0.05, 0.1) is 5.02 Å². The fourth-order valence-electron chi connectivity index (χ4n) is 2.02. The maximum absolute atomic E-state index is 12.0. The SMILES string of the molecule is O=C(CCN1CCNCC1)c1ccccc1Cl. The van der Waals surface area contributed by atoms with Crippen molar-refractivity contribution in [3.05, 3.63) is 34.9 Å². The molecule has 0 unspecified atom stereocenters. The molecule has 1 aromatic carbocycles. The third-order valence-corrected chi connectivity index (χ3v) is 3.37. The van der Waals surface area contributed by atoms with Crippen molar-refractivity contribution in [2.75, 3.05) is 32.7 Å². The number of carbonyl (C=O) groups excluding carboxylic acids is 1. The molecule has 0 amide bonds. The lowest BCUT2D eigenvalue weighted by molar-refractivity contribution is 0.0961. The summed E-state index contributed by atoms with van der Waals surface area (Å²) in [7, 11) is 0. The molecule has 0 saturated carbocycles. The molecule has 0 radical (unpaired) electrons. The number of nitrogens with one attached hydrogen (secondary N) is 1. The number of carbonyl (C=O) groups is 1. The molecule has 1 aliphatic heterocycles. The molecule has 1 saturated heterocycles. The number of rotatable bonds is 4. The molecule has 2 rings (SSSR count). The van der Waals surface area contributed by atoms with E-state index in [2.05, 4.69) is 10.2 Å². The van der Waals surface area contributed by atoms with Gasteiger partial charge in [-0.1, -0.05) is 23.7 Å². The molecule has 17 heavy (non-hydrogen) atoms. The fourth-order valence-corrected chi connectivity index (χ4v) is 2.26. The van der Waals surface area contributed by atoms with Crippen molar-refractivity contribution < 1.29 is 4.79 Å². The zero-order valence-corrected chi connectivity index (χ0v) is 10.5. The summed E-state index contributed by atoms with van der Waals surface area (Å²) >= 11 is 6.00. The largest absolute Gasteiger partial charge is 0.314 e. The van der Waals surface area contributed by atoms with Crippen LogP contribution in [0.2, 0.25) is 5.02 Å². The van der Waals surface area contributed by atoms with E-state index in [0.717, 1.165) is 32.7 Å². The van der Waals surface area contributed by atoms with Gasteiger partial charge in [-0.25, -0.2) is 0 Å². The van der Waals surface area contributed by atoms with Crippen LogP contribution in [0.3, 0.4) is 0 Å². The van der Waals surface area contributed by atoms with Gasteiger partial charge in [-0.05, 0) is 12.1 Å². The molecular weight excluding hydrogens is 236 g/mol. The van der Waals surface area contributed by atoms with Gasteiger partial charge in [0.15, 0.2) is 5.78 Å². The van der Waals surface area contributed by atoms with Crippen LogP contribution in [0.15, 0.2) is 24.3 Å². The van der Waals surface area contributed by atoms with Gasteiger partial charge in [0.25, 0.3) is 0 Å². The zero-order chi connectivity index (χ0) is 12.1. The lowest BCUT2D eigenvalue weighted by Crippen LogP contribution is -2.44. The summed E-state index contributed by atoms with van der Waals surface area (Å²) in [4.78, 5) is 14.3. The first-order valence-corrected chi connectivity index (χ1v) is 6.36. The van der Waals surface area contributed by atoms with Crippen molar-refractivity contribution >= 4 is 17.4 Å². The van der Waals surface area contributed by atoms with Crippen LogP contribution in [0, 0.1) is 0 Å². The summed E-state index contributed by atoms with van der Waals surface area (Å²) in [5.41, 5.74) is 0.643. The van der Waals surface area contributed by atoms with Crippen LogP contribution >= 0.6 is 11.6 Å². The molecule has 1 fully saturated rings. The van der Waals surface area contributed by atoms with E-state index in [9.17, 15) is 4.79 Å². The Morgan fingerprint density at radius 2 is 2.00 bits per heavy atom. The van der Waals surface area contributed by atoms with Gasteiger partial charge >= 0.3 is 0 Å². The van der Waals surface area contributed by atoms with Gasteiger partial charge in [0.1, 0.15) is 0 Å². The van der Waals surface area contributed by atoms with E-state index in [4.69, 9.17) is 11.6 Å². The number of halogens is 1. The molecule has 92 valence electrons. The first-order chi connectivity index (χ1) is 8.27. The Balaban J connectivity index is 1.87. The second-order valence-electron chi connectivity index (χ2n) is 4.24. The number of nitrogens with zero attached hydrogens (tertiary/aromatic N) is 1. The number of piperazine rings is 1. The molecule has 1 heterocycles. The van der Waals surface area contributed by atoms with Gasteiger partial charge in [0, 0.05) is 44.7 Å². The molecule has 4 heteroatoms. The van der Waals surface area contributed by atoms with Gasteiger partial charge < -0.3 is 10.2 Å². The van der Waals surface area contributed by atoms with Gasteiger partial charge in [0.2, 0.25) is 0 Å². The second-order valence-corrected chi connectivity index (χ2v) is 4.65. The van der Waals surface area contributed by atoms with Crippen molar-refractivity contribution in [3.63, 3.8) is 0 Å². The normalized spacial score (nSPS) is 17.0. The highest BCUT2D eigenvalue weighted by Crippen LogP contribution is 2.16. The van der Waals surface area contributed by atoms with Crippen molar-refractivity contribution in [3.8, 4) is 0 Å². The average Bonchev–Trinajstić information content (AvgIpc) is 2.38. The Kier molecular flexibility index (Phi) is 4.54. The summed E-state index contributed by atoms with van der Waals surface area (Å²) in [6.45, 7) is 4.90. The second kappa shape index (κ2) is 6.15. The summed E-state index contributed by atoms with van der Waals surface area (Å²) in [5.74, 6) is 0.133. The minimum absolute atomic E-state index is 0.133. The summed E-state index contributed by atoms with van der Waals surface area (Å²) in [6, 6.07) is 7.25. The predicted molar refractivity (Wildman–Crippen MR) is 69.7 cm³/mol. The van der Waals surface area contributed by atoms with E-state index in [1.54, 1.807) is 12.1 Å². The topological polar surface area (TPSA) is 32.3 Å². The Hall–Kier alpha value is -0.900. The minimum atomic E-state index is 0.133. The highest BCUT2D eigenvalue weighted by Gasteiger charge is 2.13. The summed E-state index contributed by atoms with van der Waals surface area (Å²) in [5, 5.41) is 3.85. The number of benzene rings is 1. The summed E-state index contributed by atoms with van der Waals surface area (Å²) in [6.07, 6.45) is 0.545. The standard InChI is InChI=1S/C13H17ClN2O/c14-12-4-2-1-3-11(12)13(17)5-8-16-9-6-15-7-10-16/h1-4,15H,5-10H2. The Morgan fingerprint density at radius 1 is 1.29 bits per heavy atom. The molecule has 1 aliphatic rings. The first-order valence-electron chi connectivity index (χ1n) is 5.98. The van der Waals surface area contributed by atoms with Gasteiger partial charge in [-0.2, -0.15) is 0 Å². The number of hydrogen-bond donors (Lipinski definition) is 1. The third kappa shape index (κ3) is 3.53. The van der Waals surface area contributed by atoms with Crippen molar-refractivity contribution in [1.29, 1.82) is 0 Å². The Bertz CT molecular complexity index is 389. The lowest BCUT2D eigenvalue weighted by Gasteiger charge is -2.26. The van der Waals surface area contributed by atoms with Crippen molar-refractivity contribution in [1.82, 2.24) is 10.2 Å². The number of ketones is 1. The molecule has 0 spiro atoms. The van der Waals surface area contributed by atoms with Crippen molar-refractivity contribution in [2.45, 2.75) is 6.42 Å². The average molecular weight is 253 g/mol. The molecule has 0 aromatic heterocycles. The highest BCUT2D eigenvalue weighted by molar-refractivity contribution is 6.33. The third-order valence-electron chi connectivity index (χ3n) is 3.04. The molecule has 1 aromatic rings. The van der Waals surface area contributed by atoms with E-state index < -0.39 is 0 Å². The maximum Gasteiger partial charge on any atom is 0.165 e. The van der Waals surface area contributed by atoms with Crippen molar-refractivity contribution in [2.24, 2.45) is 0 Å². The molecule has 0 atom stereocenters. The van der Waals surface area contributed by atoms with E-state index in [1.807, 2.05) is 12.1 Å². The van der Waals surface area contributed by atoms with E-state index in [1.165, 1.54) is 0 Å². The van der Waals surface area contributed by atoms with Crippen LogP contribution in [0.25, 0.3) is 0 Å². The van der Waals surface area contributed by atoms with Crippen LogP contribution in [0.4, 0.5) is 0 Å². The monoisotopic (exact) mass is 252 g/mol. The van der Waals surface area contributed by atoms with E-state index in [-0.39, 0.29) is 5.78 Å². The predicted octanol–water partition coefficient (Wildman–Crippen LogP) is 1.82. The van der Waals surface area contributed by atoms with Crippen LogP contribution in [0.1, 0.15) is 16.8 Å². The Labute approximate surface area is 107 Å². The van der Waals surface area contributed by atoms with Gasteiger partial charge in [-0.15, -0.1) is 0 Å². The molecule has 1 N–H and O–H groups in total. The van der Waals surface area contributed by atoms with E-state index in [0.29, 0.717) is 17.0 Å². The zero-order valence-electron chi connectivity index (χ0n) is 9.79. The molecule has 0 bridgehead atoms. The summed E-state index contributed by atoms with van der Waals surface area (Å²) < 4.78 is 0. The number of Topliss-reactive ketones (excluding diaryl/α,β-unsaturated/α-hetero) is 1. The number of hydrogen-bond acceptors (Lipinski definition) is 3. The molecular formula is C13H17ClN2O. The maximum atomic E-state index is 12.0. The molecule has 3 nitrogen and oxygen atoms in total. The van der Waals surface area contributed by atoms with Crippen LogP contribution in [-0.4, -0.2) is 43.4 Å². The quantitative estimate of drug-likeness (QED) is 0.830. The minimum Gasteiger partial charge on any atom is -0.314 e. The van der Waals surface area contributed by atoms with Gasteiger partial charge in [-0.3, -0.25) is 4.79 Å². The molecule has 0 aliphatic carbocycles. The van der Waals surface area contributed by atoms with Crippen LogP contribution in [0.5, 0.6) is 0 Å².